The number of benzene rings is 1. The van der Waals surface area contributed by atoms with Gasteiger partial charge in [0.05, 0.1) is 13.1 Å². The van der Waals surface area contributed by atoms with Crippen LogP contribution in [0.3, 0.4) is 0 Å². The zero-order valence-corrected chi connectivity index (χ0v) is 19.9. The summed E-state index contributed by atoms with van der Waals surface area (Å²) in [7, 11) is 1.67. The summed E-state index contributed by atoms with van der Waals surface area (Å²) >= 11 is 0. The number of aromatic nitrogens is 3. The highest BCUT2D eigenvalue weighted by atomic mass is 16.5. The maximum atomic E-state index is 5.18. The van der Waals surface area contributed by atoms with Crippen LogP contribution in [0.25, 0.3) is 0 Å². The minimum Gasteiger partial charge on any atom is -0.377 e. The van der Waals surface area contributed by atoms with Gasteiger partial charge >= 0.3 is 0 Å². The number of aliphatic imine (C=N–C) groups is 1. The molecule has 0 bridgehead atoms. The number of ether oxygens (including phenoxy) is 1. The lowest BCUT2D eigenvalue weighted by Gasteiger charge is -2.41. The minimum absolute atomic E-state index is 0.0173. The van der Waals surface area contributed by atoms with E-state index in [0.29, 0.717) is 6.61 Å². The summed E-state index contributed by atoms with van der Waals surface area (Å²) in [6.45, 7) is 11.6. The van der Waals surface area contributed by atoms with Crippen LogP contribution in [-0.4, -0.2) is 63.9 Å². The molecule has 0 amide bonds. The zero-order valence-electron chi connectivity index (χ0n) is 19.9. The van der Waals surface area contributed by atoms with Crippen LogP contribution in [0.15, 0.2) is 29.3 Å². The standard InChI is InChI=1S/C24H37N7O/c1-5-25-23(27-20-10-11-22-28-21(16-32-4)29-31(22)15-20)26-17-24(2,3)30-13-12-18-8-6-7-9-19(18)14-30/h6-9,20H,5,10-17H2,1-4H3,(H2,25,26,27). The van der Waals surface area contributed by atoms with Gasteiger partial charge in [0.1, 0.15) is 12.4 Å². The smallest absolute Gasteiger partial charge is 0.191 e. The largest absolute Gasteiger partial charge is 0.377 e. The maximum absolute atomic E-state index is 5.18. The Hall–Kier alpha value is -2.45. The molecule has 8 heteroatoms. The van der Waals surface area contributed by atoms with E-state index in [1.165, 1.54) is 11.1 Å². The molecule has 0 aliphatic carbocycles. The van der Waals surface area contributed by atoms with Crippen molar-refractivity contribution in [2.45, 2.75) is 71.3 Å². The lowest BCUT2D eigenvalue weighted by molar-refractivity contribution is 0.111. The normalized spacial score (nSPS) is 19.4. The van der Waals surface area contributed by atoms with Crippen molar-refractivity contribution < 1.29 is 4.74 Å². The van der Waals surface area contributed by atoms with Gasteiger partial charge in [0, 0.05) is 44.7 Å². The second-order valence-corrected chi connectivity index (χ2v) is 9.39. The molecule has 2 aliphatic heterocycles. The number of rotatable bonds is 7. The molecule has 1 aromatic heterocycles. The number of guanidine groups is 1. The Bertz CT molecular complexity index is 936. The van der Waals surface area contributed by atoms with E-state index in [4.69, 9.17) is 9.73 Å². The molecule has 2 aliphatic rings. The van der Waals surface area contributed by atoms with Crippen LogP contribution < -0.4 is 10.6 Å². The molecule has 3 heterocycles. The van der Waals surface area contributed by atoms with E-state index in [9.17, 15) is 0 Å². The molecule has 0 radical (unpaired) electrons. The van der Waals surface area contributed by atoms with E-state index in [1.54, 1.807) is 7.11 Å². The van der Waals surface area contributed by atoms with Crippen molar-refractivity contribution >= 4 is 5.96 Å². The first-order valence-electron chi connectivity index (χ1n) is 11.8. The van der Waals surface area contributed by atoms with Gasteiger partial charge in [0.15, 0.2) is 11.8 Å². The topological polar surface area (TPSA) is 79.6 Å². The van der Waals surface area contributed by atoms with Crippen LogP contribution in [0.5, 0.6) is 0 Å². The number of hydrogen-bond acceptors (Lipinski definition) is 5. The molecule has 0 fully saturated rings. The van der Waals surface area contributed by atoms with Crippen molar-refractivity contribution in [1.29, 1.82) is 0 Å². The Morgan fingerprint density at radius 3 is 2.84 bits per heavy atom. The van der Waals surface area contributed by atoms with Crippen molar-refractivity contribution in [2.24, 2.45) is 4.99 Å². The van der Waals surface area contributed by atoms with E-state index in [0.717, 1.165) is 69.6 Å². The average Bonchev–Trinajstić information content (AvgIpc) is 3.19. The van der Waals surface area contributed by atoms with E-state index in [-0.39, 0.29) is 11.6 Å². The molecule has 2 N–H and O–H groups in total. The number of nitrogens with zero attached hydrogens (tertiary/aromatic N) is 5. The Balaban J connectivity index is 1.38. The fraction of sp³-hybridized carbons (Fsp3) is 0.625. The zero-order chi connectivity index (χ0) is 22.6. The highest BCUT2D eigenvalue weighted by Crippen LogP contribution is 2.25. The third-order valence-corrected chi connectivity index (χ3v) is 6.47. The summed E-state index contributed by atoms with van der Waals surface area (Å²) in [5.74, 6) is 2.68. The molecular weight excluding hydrogens is 402 g/mol. The molecule has 32 heavy (non-hydrogen) atoms. The molecule has 0 saturated heterocycles. The number of aryl methyl sites for hydroxylation is 1. The van der Waals surface area contributed by atoms with Gasteiger partial charge < -0.3 is 15.4 Å². The third-order valence-electron chi connectivity index (χ3n) is 6.47. The van der Waals surface area contributed by atoms with E-state index in [1.807, 2.05) is 4.68 Å². The van der Waals surface area contributed by atoms with E-state index < -0.39 is 0 Å². The van der Waals surface area contributed by atoms with Crippen LogP contribution in [-0.2, 0) is 37.3 Å². The number of nitrogens with one attached hydrogen (secondary N) is 2. The Morgan fingerprint density at radius 2 is 2.06 bits per heavy atom. The van der Waals surface area contributed by atoms with Crippen molar-refractivity contribution in [1.82, 2.24) is 30.3 Å². The molecule has 4 rings (SSSR count). The lowest BCUT2D eigenvalue weighted by atomic mass is 9.94. The second kappa shape index (κ2) is 10.0. The summed E-state index contributed by atoms with van der Waals surface area (Å²) in [5.41, 5.74) is 2.91. The summed E-state index contributed by atoms with van der Waals surface area (Å²) in [6.07, 6.45) is 3.03. The Kier molecular flexibility index (Phi) is 7.10. The van der Waals surface area contributed by atoms with Gasteiger partial charge in [-0.25, -0.2) is 9.67 Å². The van der Waals surface area contributed by atoms with Crippen molar-refractivity contribution in [2.75, 3.05) is 26.7 Å². The van der Waals surface area contributed by atoms with Gasteiger partial charge in [-0.15, -0.1) is 0 Å². The SMILES string of the molecule is CCNC(=NCC(C)(C)N1CCc2ccccc2C1)NC1CCc2nc(COC)nn2C1. The molecule has 0 saturated carbocycles. The fourth-order valence-corrected chi connectivity index (χ4v) is 4.57. The monoisotopic (exact) mass is 439 g/mol. The van der Waals surface area contributed by atoms with Crippen molar-refractivity contribution in [3.8, 4) is 0 Å². The van der Waals surface area contributed by atoms with Crippen molar-refractivity contribution in [3.05, 3.63) is 47.0 Å². The van der Waals surface area contributed by atoms with Gasteiger partial charge in [-0.05, 0) is 44.7 Å². The van der Waals surface area contributed by atoms with Crippen LogP contribution in [0.2, 0.25) is 0 Å². The first kappa shape index (κ1) is 22.7. The lowest BCUT2D eigenvalue weighted by Crippen LogP contribution is -2.51. The van der Waals surface area contributed by atoms with Crippen LogP contribution >= 0.6 is 0 Å². The van der Waals surface area contributed by atoms with Crippen molar-refractivity contribution in [3.63, 3.8) is 0 Å². The highest BCUT2D eigenvalue weighted by molar-refractivity contribution is 5.80. The van der Waals surface area contributed by atoms with Gasteiger partial charge in [-0.1, -0.05) is 24.3 Å². The van der Waals surface area contributed by atoms with Crippen LogP contribution in [0.4, 0.5) is 0 Å². The average molecular weight is 440 g/mol. The quantitative estimate of drug-likeness (QED) is 0.508. The minimum atomic E-state index is -0.0173. The van der Waals surface area contributed by atoms with Gasteiger partial charge in [0.25, 0.3) is 0 Å². The first-order chi connectivity index (χ1) is 15.5. The molecule has 174 valence electrons. The summed E-state index contributed by atoms with van der Waals surface area (Å²) < 4.78 is 7.18. The molecular formula is C24H37N7O. The number of fused-ring (bicyclic) bond motifs is 2. The molecule has 0 spiro atoms. The van der Waals surface area contributed by atoms with Crippen LogP contribution in [0, 0.1) is 0 Å². The van der Waals surface area contributed by atoms with Gasteiger partial charge in [-0.2, -0.15) is 5.10 Å². The molecule has 8 nitrogen and oxygen atoms in total. The highest BCUT2D eigenvalue weighted by Gasteiger charge is 2.30. The summed E-state index contributed by atoms with van der Waals surface area (Å²) in [6, 6.07) is 9.08. The number of hydrogen-bond donors (Lipinski definition) is 2. The molecule has 2 aromatic rings. The number of methoxy groups -OCH3 is 1. The van der Waals surface area contributed by atoms with E-state index >= 15 is 0 Å². The Morgan fingerprint density at radius 1 is 1.25 bits per heavy atom. The fourth-order valence-electron chi connectivity index (χ4n) is 4.57. The third kappa shape index (κ3) is 5.30. The van der Waals surface area contributed by atoms with E-state index in [2.05, 4.69) is 70.7 Å². The van der Waals surface area contributed by atoms with Gasteiger partial charge in [-0.3, -0.25) is 9.89 Å². The Labute approximate surface area is 191 Å². The first-order valence-corrected chi connectivity index (χ1v) is 11.8. The predicted octanol–water partition coefficient (Wildman–Crippen LogP) is 2.13. The predicted molar refractivity (Wildman–Crippen MR) is 127 cm³/mol. The van der Waals surface area contributed by atoms with Gasteiger partial charge in [0.2, 0.25) is 0 Å². The second-order valence-electron chi connectivity index (χ2n) is 9.39. The summed E-state index contributed by atoms with van der Waals surface area (Å²) in [4.78, 5) is 12.1. The molecule has 1 unspecified atom stereocenters. The summed E-state index contributed by atoms with van der Waals surface area (Å²) in [5, 5.41) is 11.6. The maximum Gasteiger partial charge on any atom is 0.191 e. The molecule has 1 atom stereocenters. The van der Waals surface area contributed by atoms with Crippen LogP contribution in [0.1, 0.15) is 50.0 Å². The molecule has 1 aromatic carbocycles.